The first-order valence-electron chi connectivity index (χ1n) is 9.98. The van der Waals surface area contributed by atoms with Crippen LogP contribution in [0.3, 0.4) is 0 Å². The number of benzene rings is 1. The van der Waals surface area contributed by atoms with Crippen LogP contribution >= 0.6 is 15.9 Å². The molecule has 150 valence electrons. The molecule has 0 unspecified atom stereocenters. The van der Waals surface area contributed by atoms with Crippen molar-refractivity contribution in [1.29, 1.82) is 0 Å². The van der Waals surface area contributed by atoms with Gasteiger partial charge in [0.25, 0.3) is 0 Å². The number of rotatable bonds is 4. The summed E-state index contributed by atoms with van der Waals surface area (Å²) in [6.07, 6.45) is 1.42. The highest BCUT2D eigenvalue weighted by molar-refractivity contribution is 9.10. The van der Waals surface area contributed by atoms with E-state index in [-0.39, 0.29) is 29.8 Å². The number of nitrogens with zero attached hydrogens (tertiary/aromatic N) is 1. The van der Waals surface area contributed by atoms with Crippen molar-refractivity contribution in [1.82, 2.24) is 10.2 Å². The van der Waals surface area contributed by atoms with Gasteiger partial charge in [0, 0.05) is 27.8 Å². The van der Waals surface area contributed by atoms with E-state index in [0.29, 0.717) is 18.0 Å². The molecule has 3 amide bonds. The second kappa shape index (κ2) is 6.66. The van der Waals surface area contributed by atoms with E-state index in [0.717, 1.165) is 16.5 Å². The van der Waals surface area contributed by atoms with Crippen LogP contribution in [0.15, 0.2) is 22.7 Å². The van der Waals surface area contributed by atoms with Crippen LogP contribution in [0.4, 0.5) is 5.69 Å². The molecule has 3 aliphatic heterocycles. The molecule has 0 aromatic heterocycles. The average molecular weight is 448 g/mol. The Morgan fingerprint density at radius 2 is 1.89 bits per heavy atom. The fourth-order valence-corrected chi connectivity index (χ4v) is 5.48. The van der Waals surface area contributed by atoms with E-state index in [9.17, 15) is 14.4 Å². The van der Waals surface area contributed by atoms with Gasteiger partial charge in [-0.3, -0.25) is 24.6 Å². The van der Waals surface area contributed by atoms with E-state index < -0.39 is 17.4 Å². The number of carbonyl (C=O) groups excluding carboxylic acids is 3. The lowest BCUT2D eigenvalue weighted by atomic mass is 9.76. The molecule has 0 aliphatic carbocycles. The van der Waals surface area contributed by atoms with Gasteiger partial charge in [-0.1, -0.05) is 36.7 Å². The Bertz CT molecular complexity index is 870. The second-order valence-corrected chi connectivity index (χ2v) is 9.56. The van der Waals surface area contributed by atoms with Crippen molar-refractivity contribution in [3.63, 3.8) is 0 Å². The fraction of sp³-hybridized carbons (Fsp3) is 0.571. The zero-order chi connectivity index (χ0) is 20.4. The third-order valence-electron chi connectivity index (χ3n) is 6.47. The van der Waals surface area contributed by atoms with Crippen LogP contribution in [0.2, 0.25) is 0 Å². The number of halogens is 1. The van der Waals surface area contributed by atoms with Crippen LogP contribution in [-0.4, -0.2) is 34.7 Å². The normalized spacial score (nSPS) is 32.3. The van der Waals surface area contributed by atoms with Crippen molar-refractivity contribution in [3.05, 3.63) is 28.2 Å². The topological polar surface area (TPSA) is 78.5 Å². The molecule has 0 bridgehead atoms. The summed E-state index contributed by atoms with van der Waals surface area (Å²) in [7, 11) is 0. The summed E-state index contributed by atoms with van der Waals surface area (Å²) in [5.74, 6) is -1.51. The minimum Gasteiger partial charge on any atom is -0.324 e. The summed E-state index contributed by atoms with van der Waals surface area (Å²) in [5, 5.41) is 6.40. The quantitative estimate of drug-likeness (QED) is 0.695. The fourth-order valence-electron chi connectivity index (χ4n) is 5.12. The Morgan fingerprint density at radius 3 is 2.54 bits per heavy atom. The average Bonchev–Trinajstić information content (AvgIpc) is 3.20. The van der Waals surface area contributed by atoms with Gasteiger partial charge in [0.15, 0.2) is 0 Å². The SMILES string of the molecule is CC[C@@H](C)N1C(=O)[C@H]2[C@@H](C1=O)[C@]1(N[C@@H]2CC(C)C)C(=O)Nc2ccc(Br)cc21. The third-order valence-corrected chi connectivity index (χ3v) is 6.96. The molecule has 2 N–H and O–H groups in total. The lowest BCUT2D eigenvalue weighted by Gasteiger charge is -2.31. The minimum absolute atomic E-state index is 0.143. The van der Waals surface area contributed by atoms with Gasteiger partial charge in [-0.2, -0.15) is 0 Å². The molecule has 5 atom stereocenters. The van der Waals surface area contributed by atoms with Crippen molar-refractivity contribution in [2.24, 2.45) is 17.8 Å². The molecule has 1 spiro atoms. The molecular formula is C21H26BrN3O3. The Balaban J connectivity index is 1.89. The van der Waals surface area contributed by atoms with Gasteiger partial charge in [0.05, 0.1) is 11.8 Å². The lowest BCUT2D eigenvalue weighted by molar-refractivity contribution is -0.145. The molecule has 1 aromatic rings. The van der Waals surface area contributed by atoms with Crippen molar-refractivity contribution in [2.75, 3.05) is 5.32 Å². The predicted molar refractivity (Wildman–Crippen MR) is 109 cm³/mol. The maximum atomic E-state index is 13.5. The number of hydrogen-bond acceptors (Lipinski definition) is 4. The molecule has 3 heterocycles. The van der Waals surface area contributed by atoms with Crippen molar-refractivity contribution < 1.29 is 14.4 Å². The van der Waals surface area contributed by atoms with Crippen LogP contribution in [0.25, 0.3) is 0 Å². The molecule has 1 aromatic carbocycles. The number of fused-ring (bicyclic) bond motifs is 4. The first-order valence-corrected chi connectivity index (χ1v) is 10.8. The highest BCUT2D eigenvalue weighted by atomic mass is 79.9. The van der Waals surface area contributed by atoms with E-state index in [2.05, 4.69) is 40.4 Å². The van der Waals surface area contributed by atoms with E-state index in [1.807, 2.05) is 32.0 Å². The largest absolute Gasteiger partial charge is 0.324 e. The van der Waals surface area contributed by atoms with E-state index in [4.69, 9.17) is 0 Å². The van der Waals surface area contributed by atoms with Gasteiger partial charge in [0.2, 0.25) is 17.7 Å². The summed E-state index contributed by atoms with van der Waals surface area (Å²) < 4.78 is 0.836. The van der Waals surface area contributed by atoms with Crippen LogP contribution in [0, 0.1) is 17.8 Å². The first-order chi connectivity index (χ1) is 13.2. The van der Waals surface area contributed by atoms with E-state index >= 15 is 0 Å². The maximum absolute atomic E-state index is 13.5. The number of hydrogen-bond donors (Lipinski definition) is 2. The standard InChI is InChI=1S/C21H26BrN3O3/c1-5-11(4)25-18(26)16-15(8-10(2)3)24-21(17(16)19(25)27)13-9-12(22)6-7-14(13)23-20(21)28/h6-7,9-11,15-17,24H,5,8H2,1-4H3,(H,23,28)/t11-,15-,16-,17+,21+/m1/s1. The monoisotopic (exact) mass is 447 g/mol. The lowest BCUT2D eigenvalue weighted by Crippen LogP contribution is -2.54. The smallest absolute Gasteiger partial charge is 0.250 e. The summed E-state index contributed by atoms with van der Waals surface area (Å²) in [6, 6.07) is 5.20. The second-order valence-electron chi connectivity index (χ2n) is 8.64. The summed E-state index contributed by atoms with van der Waals surface area (Å²) in [5.41, 5.74) is 0.255. The molecule has 3 aliphatic rings. The highest BCUT2D eigenvalue weighted by Gasteiger charge is 2.70. The Labute approximate surface area is 173 Å². The van der Waals surface area contributed by atoms with Crippen LogP contribution in [0.1, 0.15) is 46.1 Å². The van der Waals surface area contributed by atoms with Gasteiger partial charge >= 0.3 is 0 Å². The number of imide groups is 1. The zero-order valence-corrected chi connectivity index (χ0v) is 18.2. The Kier molecular flexibility index (Phi) is 4.66. The summed E-state index contributed by atoms with van der Waals surface area (Å²) in [4.78, 5) is 41.5. The van der Waals surface area contributed by atoms with E-state index in [1.165, 1.54) is 4.90 Å². The number of nitrogens with one attached hydrogen (secondary N) is 2. The van der Waals surface area contributed by atoms with Gasteiger partial charge < -0.3 is 5.32 Å². The Morgan fingerprint density at radius 1 is 1.18 bits per heavy atom. The number of carbonyl (C=O) groups is 3. The molecule has 2 fully saturated rings. The summed E-state index contributed by atoms with van der Waals surface area (Å²) in [6.45, 7) is 8.05. The first kappa shape index (κ1) is 19.6. The molecule has 0 saturated carbocycles. The van der Waals surface area contributed by atoms with Gasteiger partial charge in [-0.25, -0.2) is 0 Å². The Hall–Kier alpha value is -1.73. The molecule has 2 saturated heterocycles. The minimum atomic E-state index is -1.20. The van der Waals surface area contributed by atoms with Crippen LogP contribution < -0.4 is 10.6 Å². The third kappa shape index (κ3) is 2.52. The highest BCUT2D eigenvalue weighted by Crippen LogP contribution is 2.54. The molecular weight excluding hydrogens is 422 g/mol. The number of likely N-dealkylation sites (tertiary alicyclic amines) is 1. The molecule has 0 radical (unpaired) electrons. The summed E-state index contributed by atoms with van der Waals surface area (Å²) >= 11 is 3.49. The van der Waals surface area contributed by atoms with E-state index in [1.54, 1.807) is 0 Å². The van der Waals surface area contributed by atoms with Crippen molar-refractivity contribution >= 4 is 39.3 Å². The van der Waals surface area contributed by atoms with Crippen molar-refractivity contribution in [2.45, 2.75) is 58.2 Å². The van der Waals surface area contributed by atoms with Crippen LogP contribution in [-0.2, 0) is 19.9 Å². The number of anilines is 1. The predicted octanol–water partition coefficient (Wildman–Crippen LogP) is 3.01. The van der Waals surface area contributed by atoms with Crippen molar-refractivity contribution in [3.8, 4) is 0 Å². The molecule has 28 heavy (non-hydrogen) atoms. The van der Waals surface area contributed by atoms with Gasteiger partial charge in [-0.15, -0.1) is 0 Å². The zero-order valence-electron chi connectivity index (χ0n) is 16.6. The maximum Gasteiger partial charge on any atom is 0.250 e. The number of amides is 3. The van der Waals surface area contributed by atoms with Gasteiger partial charge in [-0.05, 0) is 43.9 Å². The van der Waals surface area contributed by atoms with Crippen LogP contribution in [0.5, 0.6) is 0 Å². The molecule has 7 heteroatoms. The molecule has 4 rings (SSSR count). The molecule has 6 nitrogen and oxygen atoms in total. The van der Waals surface area contributed by atoms with Gasteiger partial charge in [0.1, 0.15) is 5.54 Å².